The van der Waals surface area contributed by atoms with E-state index in [1.165, 1.54) is 6.08 Å². The Bertz CT molecular complexity index is 696. The highest BCUT2D eigenvalue weighted by Gasteiger charge is 2.15. The van der Waals surface area contributed by atoms with Crippen LogP contribution in [0.25, 0.3) is 6.08 Å². The summed E-state index contributed by atoms with van der Waals surface area (Å²) in [4.78, 5) is 23.4. The van der Waals surface area contributed by atoms with Gasteiger partial charge in [-0.1, -0.05) is 42.5 Å². The van der Waals surface area contributed by atoms with Crippen LogP contribution in [0.5, 0.6) is 0 Å². The van der Waals surface area contributed by atoms with Crippen LogP contribution in [-0.4, -0.2) is 17.0 Å². The SMILES string of the molecule is O=C(O)C(=Cc1ccccc1)NC(=O)c1ccccc1I. The average Bonchev–Trinajstić information content (AvgIpc) is 2.48. The molecule has 0 unspecified atom stereocenters. The molecule has 21 heavy (non-hydrogen) atoms. The third-order valence-corrected chi connectivity index (χ3v) is 3.65. The molecule has 2 rings (SSSR count). The number of carbonyl (C=O) groups is 2. The largest absolute Gasteiger partial charge is 0.477 e. The van der Waals surface area contributed by atoms with Gasteiger partial charge >= 0.3 is 5.97 Å². The summed E-state index contributed by atoms with van der Waals surface area (Å²) in [5.41, 5.74) is 0.988. The van der Waals surface area contributed by atoms with E-state index in [0.29, 0.717) is 11.1 Å². The Labute approximate surface area is 135 Å². The normalized spacial score (nSPS) is 11.0. The monoisotopic (exact) mass is 393 g/mol. The summed E-state index contributed by atoms with van der Waals surface area (Å²) in [6.07, 6.45) is 1.43. The number of carboxylic acids is 1. The second-order valence-electron chi connectivity index (χ2n) is 4.21. The molecule has 0 aliphatic heterocycles. The lowest BCUT2D eigenvalue weighted by molar-refractivity contribution is -0.132. The Balaban J connectivity index is 2.26. The number of benzene rings is 2. The van der Waals surface area contributed by atoms with Gasteiger partial charge in [-0.2, -0.15) is 0 Å². The summed E-state index contributed by atoms with van der Waals surface area (Å²) in [7, 11) is 0. The molecule has 4 nitrogen and oxygen atoms in total. The zero-order valence-corrected chi connectivity index (χ0v) is 13.1. The molecular weight excluding hydrogens is 381 g/mol. The first-order chi connectivity index (χ1) is 10.1. The van der Waals surface area contributed by atoms with E-state index in [9.17, 15) is 14.7 Å². The molecule has 106 valence electrons. The minimum Gasteiger partial charge on any atom is -0.477 e. The fourth-order valence-corrected chi connectivity index (χ4v) is 2.33. The highest BCUT2D eigenvalue weighted by atomic mass is 127. The van der Waals surface area contributed by atoms with Crippen molar-refractivity contribution >= 4 is 40.5 Å². The van der Waals surface area contributed by atoms with Crippen LogP contribution in [0.3, 0.4) is 0 Å². The number of rotatable bonds is 4. The summed E-state index contributed by atoms with van der Waals surface area (Å²) in [6, 6.07) is 16.0. The van der Waals surface area contributed by atoms with E-state index < -0.39 is 11.9 Å². The van der Waals surface area contributed by atoms with Crippen LogP contribution in [0.2, 0.25) is 0 Å². The zero-order chi connectivity index (χ0) is 15.2. The highest BCUT2D eigenvalue weighted by Crippen LogP contribution is 2.12. The summed E-state index contributed by atoms with van der Waals surface area (Å²) in [5, 5.41) is 11.7. The van der Waals surface area contributed by atoms with E-state index in [0.717, 1.165) is 3.57 Å². The van der Waals surface area contributed by atoms with Crippen molar-refractivity contribution in [1.29, 1.82) is 0 Å². The number of hydrogen-bond acceptors (Lipinski definition) is 2. The van der Waals surface area contributed by atoms with Crippen molar-refractivity contribution in [3.63, 3.8) is 0 Å². The molecule has 5 heteroatoms. The van der Waals surface area contributed by atoms with Crippen molar-refractivity contribution in [2.45, 2.75) is 0 Å². The van der Waals surface area contributed by atoms with Crippen LogP contribution >= 0.6 is 22.6 Å². The smallest absolute Gasteiger partial charge is 0.352 e. The molecule has 0 bridgehead atoms. The molecule has 0 saturated heterocycles. The molecule has 0 atom stereocenters. The van der Waals surface area contributed by atoms with Crippen LogP contribution < -0.4 is 5.32 Å². The van der Waals surface area contributed by atoms with Gasteiger partial charge in [-0.25, -0.2) is 4.79 Å². The van der Waals surface area contributed by atoms with Gasteiger partial charge in [0.2, 0.25) is 0 Å². The van der Waals surface area contributed by atoms with E-state index in [4.69, 9.17) is 0 Å². The van der Waals surface area contributed by atoms with E-state index >= 15 is 0 Å². The van der Waals surface area contributed by atoms with E-state index in [-0.39, 0.29) is 5.70 Å². The fourth-order valence-electron chi connectivity index (χ4n) is 1.70. The molecule has 0 spiro atoms. The highest BCUT2D eigenvalue weighted by molar-refractivity contribution is 14.1. The molecule has 1 amide bonds. The van der Waals surface area contributed by atoms with Crippen LogP contribution in [-0.2, 0) is 4.79 Å². The molecule has 2 aromatic rings. The summed E-state index contributed by atoms with van der Waals surface area (Å²) in [6.45, 7) is 0. The van der Waals surface area contributed by atoms with Crippen LogP contribution in [0.15, 0.2) is 60.3 Å². The van der Waals surface area contributed by atoms with Gasteiger partial charge in [0.15, 0.2) is 0 Å². The molecule has 0 fully saturated rings. The molecule has 2 aromatic carbocycles. The maximum absolute atomic E-state index is 12.2. The van der Waals surface area contributed by atoms with Crippen molar-refractivity contribution in [2.75, 3.05) is 0 Å². The Morgan fingerprint density at radius 2 is 1.62 bits per heavy atom. The first-order valence-corrected chi connectivity index (χ1v) is 7.21. The van der Waals surface area contributed by atoms with E-state index in [1.807, 2.05) is 34.7 Å². The Kier molecular flexibility index (Phi) is 5.10. The summed E-state index contributed by atoms with van der Waals surface area (Å²) < 4.78 is 0.761. The number of carboxylic acid groups (broad SMARTS) is 1. The molecule has 0 aliphatic carbocycles. The van der Waals surface area contributed by atoms with Gasteiger partial charge in [-0.3, -0.25) is 4.79 Å². The van der Waals surface area contributed by atoms with Gasteiger partial charge in [-0.15, -0.1) is 0 Å². The fraction of sp³-hybridized carbons (Fsp3) is 0. The Morgan fingerprint density at radius 1 is 1.00 bits per heavy atom. The molecule has 0 heterocycles. The van der Waals surface area contributed by atoms with E-state index in [1.54, 1.807) is 42.5 Å². The third-order valence-electron chi connectivity index (χ3n) is 2.71. The lowest BCUT2D eigenvalue weighted by atomic mass is 10.1. The van der Waals surface area contributed by atoms with Gasteiger partial charge < -0.3 is 10.4 Å². The number of aliphatic carboxylic acids is 1. The lowest BCUT2D eigenvalue weighted by Crippen LogP contribution is -2.27. The standard InChI is InChI=1S/C16H12INO3/c17-13-9-5-4-8-12(13)15(19)18-14(16(20)21)10-11-6-2-1-3-7-11/h1-10H,(H,18,19)(H,20,21). The van der Waals surface area contributed by atoms with Gasteiger partial charge in [0.1, 0.15) is 5.70 Å². The zero-order valence-electron chi connectivity index (χ0n) is 10.9. The second kappa shape index (κ2) is 7.03. The summed E-state index contributed by atoms with van der Waals surface area (Å²) >= 11 is 2.04. The Morgan fingerprint density at radius 3 is 2.24 bits per heavy atom. The first-order valence-electron chi connectivity index (χ1n) is 6.14. The number of hydrogen-bond donors (Lipinski definition) is 2. The van der Waals surface area contributed by atoms with Gasteiger partial charge in [-0.05, 0) is 46.4 Å². The molecule has 0 saturated carbocycles. The van der Waals surface area contributed by atoms with Crippen molar-refractivity contribution in [2.24, 2.45) is 0 Å². The number of halogens is 1. The minimum absolute atomic E-state index is 0.161. The van der Waals surface area contributed by atoms with Gasteiger partial charge in [0.25, 0.3) is 5.91 Å². The van der Waals surface area contributed by atoms with Crippen LogP contribution in [0.4, 0.5) is 0 Å². The summed E-state index contributed by atoms with van der Waals surface area (Å²) in [5.74, 6) is -1.62. The van der Waals surface area contributed by atoms with Crippen molar-refractivity contribution in [1.82, 2.24) is 5.32 Å². The predicted octanol–water partition coefficient (Wildman–Crippen LogP) is 3.15. The second-order valence-corrected chi connectivity index (χ2v) is 5.37. The molecule has 0 aromatic heterocycles. The van der Waals surface area contributed by atoms with Crippen LogP contribution in [0, 0.1) is 3.57 Å². The lowest BCUT2D eigenvalue weighted by Gasteiger charge is -2.07. The van der Waals surface area contributed by atoms with Crippen molar-refractivity contribution in [3.05, 3.63) is 75.0 Å². The quantitative estimate of drug-likeness (QED) is 0.620. The van der Waals surface area contributed by atoms with Gasteiger partial charge in [0.05, 0.1) is 5.56 Å². The van der Waals surface area contributed by atoms with Crippen molar-refractivity contribution in [3.8, 4) is 0 Å². The van der Waals surface area contributed by atoms with E-state index in [2.05, 4.69) is 5.32 Å². The number of carbonyl (C=O) groups excluding carboxylic acids is 1. The Hall–Kier alpha value is -2.15. The topological polar surface area (TPSA) is 66.4 Å². The maximum Gasteiger partial charge on any atom is 0.352 e. The predicted molar refractivity (Wildman–Crippen MR) is 88.7 cm³/mol. The first kappa shape index (κ1) is 15.2. The van der Waals surface area contributed by atoms with Gasteiger partial charge in [0, 0.05) is 3.57 Å². The number of nitrogens with one attached hydrogen (secondary N) is 1. The minimum atomic E-state index is -1.18. The molecule has 0 radical (unpaired) electrons. The molecular formula is C16H12INO3. The molecule has 0 aliphatic rings. The maximum atomic E-state index is 12.2. The van der Waals surface area contributed by atoms with Crippen molar-refractivity contribution < 1.29 is 14.7 Å². The average molecular weight is 393 g/mol. The van der Waals surface area contributed by atoms with Crippen LogP contribution in [0.1, 0.15) is 15.9 Å². The molecule has 2 N–H and O–H groups in total. The third kappa shape index (κ3) is 4.16. The number of amides is 1.